The third-order valence-corrected chi connectivity index (χ3v) is 3.64. The van der Waals surface area contributed by atoms with E-state index in [1.165, 1.54) is 18.9 Å². The summed E-state index contributed by atoms with van der Waals surface area (Å²) >= 11 is 13.0. The fourth-order valence-electron chi connectivity index (χ4n) is 1.03. The van der Waals surface area contributed by atoms with Crippen molar-refractivity contribution in [3.05, 3.63) is 28.2 Å². The molecule has 4 nitrogen and oxygen atoms in total. The van der Waals surface area contributed by atoms with Crippen LogP contribution in [0.4, 0.5) is 0 Å². The van der Waals surface area contributed by atoms with E-state index in [-0.39, 0.29) is 18.2 Å². The predicted molar refractivity (Wildman–Crippen MR) is 72.2 cm³/mol. The minimum atomic E-state index is -0.492. The number of esters is 1. The van der Waals surface area contributed by atoms with Crippen molar-refractivity contribution in [2.45, 2.75) is 4.90 Å². The van der Waals surface area contributed by atoms with E-state index in [0.29, 0.717) is 10.0 Å². The van der Waals surface area contributed by atoms with Gasteiger partial charge in [-0.2, -0.15) is 0 Å². The third-order valence-electron chi connectivity index (χ3n) is 1.91. The quantitative estimate of drug-likeness (QED) is 0.670. The second-order valence-corrected chi connectivity index (χ2v) is 5.08. The number of hydrogen-bond donors (Lipinski definition) is 1. The van der Waals surface area contributed by atoms with Crippen LogP contribution in [0.2, 0.25) is 10.0 Å². The highest BCUT2D eigenvalue weighted by Gasteiger charge is 2.08. The molecule has 1 rings (SSSR count). The summed E-state index contributed by atoms with van der Waals surface area (Å²) in [5.74, 6) is -0.618. The molecule has 0 radical (unpaired) electrons. The fourth-order valence-corrected chi connectivity index (χ4v) is 2.35. The van der Waals surface area contributed by atoms with Crippen LogP contribution in [0.5, 0.6) is 0 Å². The molecule has 98 valence electrons. The minimum Gasteiger partial charge on any atom is -0.468 e. The van der Waals surface area contributed by atoms with Gasteiger partial charge in [0.05, 0.1) is 17.9 Å². The number of hydrogen-bond acceptors (Lipinski definition) is 4. The first-order valence-corrected chi connectivity index (χ1v) is 6.68. The smallest absolute Gasteiger partial charge is 0.325 e. The van der Waals surface area contributed by atoms with Gasteiger partial charge in [0.25, 0.3) is 0 Å². The molecule has 0 saturated carbocycles. The van der Waals surface area contributed by atoms with Gasteiger partial charge in [-0.05, 0) is 18.2 Å². The average molecular weight is 308 g/mol. The zero-order valence-electron chi connectivity index (χ0n) is 9.54. The number of thioether (sulfide) groups is 1. The number of rotatable bonds is 5. The number of halogens is 2. The Hall–Kier alpha value is -0.910. The second kappa shape index (κ2) is 7.51. The van der Waals surface area contributed by atoms with Crippen LogP contribution in [0.25, 0.3) is 0 Å². The van der Waals surface area contributed by atoms with Gasteiger partial charge < -0.3 is 10.1 Å². The van der Waals surface area contributed by atoms with E-state index in [1.54, 1.807) is 18.2 Å². The summed E-state index contributed by atoms with van der Waals surface area (Å²) in [4.78, 5) is 22.9. The number of methoxy groups -OCH3 is 1. The summed E-state index contributed by atoms with van der Waals surface area (Å²) in [6.07, 6.45) is 0. The largest absolute Gasteiger partial charge is 0.468 e. The van der Waals surface area contributed by atoms with E-state index in [1.807, 2.05) is 0 Å². The van der Waals surface area contributed by atoms with E-state index in [4.69, 9.17) is 23.2 Å². The first-order valence-electron chi connectivity index (χ1n) is 4.94. The maximum Gasteiger partial charge on any atom is 0.325 e. The molecule has 0 atom stereocenters. The zero-order valence-corrected chi connectivity index (χ0v) is 11.9. The fraction of sp³-hybridized carbons (Fsp3) is 0.273. The van der Waals surface area contributed by atoms with E-state index >= 15 is 0 Å². The summed E-state index contributed by atoms with van der Waals surface area (Å²) in [7, 11) is 1.26. The molecule has 0 fully saturated rings. The number of benzene rings is 1. The Morgan fingerprint density at radius 1 is 1.39 bits per heavy atom. The summed E-state index contributed by atoms with van der Waals surface area (Å²) in [6.45, 7) is -0.140. The lowest BCUT2D eigenvalue weighted by atomic mass is 10.4. The summed E-state index contributed by atoms with van der Waals surface area (Å²) in [6, 6.07) is 5.02. The maximum absolute atomic E-state index is 11.4. The maximum atomic E-state index is 11.4. The van der Waals surface area contributed by atoms with Crippen molar-refractivity contribution in [2.75, 3.05) is 19.4 Å². The Kier molecular flexibility index (Phi) is 6.32. The van der Waals surface area contributed by atoms with Crippen molar-refractivity contribution in [3.8, 4) is 0 Å². The Morgan fingerprint density at radius 2 is 2.11 bits per heavy atom. The molecule has 1 amide bonds. The molecule has 0 saturated heterocycles. The van der Waals surface area contributed by atoms with Gasteiger partial charge in [-0.15, -0.1) is 11.8 Å². The monoisotopic (exact) mass is 307 g/mol. The second-order valence-electron chi connectivity index (χ2n) is 3.22. The standard InChI is InChI=1S/C11H11Cl2NO3S/c1-17-11(16)5-14-10(15)6-18-9-4-7(12)2-3-8(9)13/h2-4H,5-6H2,1H3,(H,14,15). The van der Waals surface area contributed by atoms with Gasteiger partial charge >= 0.3 is 5.97 Å². The van der Waals surface area contributed by atoms with Gasteiger partial charge in [0, 0.05) is 9.92 Å². The molecule has 18 heavy (non-hydrogen) atoms. The lowest BCUT2D eigenvalue weighted by molar-refractivity contribution is -0.140. The van der Waals surface area contributed by atoms with Crippen LogP contribution in [0, 0.1) is 0 Å². The van der Waals surface area contributed by atoms with Crippen LogP contribution < -0.4 is 5.32 Å². The van der Waals surface area contributed by atoms with Gasteiger partial charge in [-0.1, -0.05) is 23.2 Å². The number of nitrogens with one attached hydrogen (secondary N) is 1. The molecule has 0 bridgehead atoms. The molecule has 0 heterocycles. The number of ether oxygens (including phenoxy) is 1. The first kappa shape index (κ1) is 15.1. The summed E-state index contributed by atoms with van der Waals surface area (Å²) < 4.78 is 4.40. The lowest BCUT2D eigenvalue weighted by Gasteiger charge is -2.05. The Balaban J connectivity index is 2.42. The summed E-state index contributed by atoms with van der Waals surface area (Å²) in [5, 5.41) is 3.51. The van der Waals surface area contributed by atoms with Gasteiger partial charge in [0.15, 0.2) is 0 Å². The highest BCUT2D eigenvalue weighted by atomic mass is 35.5. The molecule has 7 heteroatoms. The number of carbonyl (C=O) groups excluding carboxylic acids is 2. The molecule has 0 aliphatic rings. The molecule has 0 spiro atoms. The van der Waals surface area contributed by atoms with Crippen LogP contribution in [0.3, 0.4) is 0 Å². The van der Waals surface area contributed by atoms with Gasteiger partial charge in [-0.3, -0.25) is 9.59 Å². The number of carbonyl (C=O) groups is 2. The van der Waals surface area contributed by atoms with Gasteiger partial charge in [-0.25, -0.2) is 0 Å². The summed E-state index contributed by atoms with van der Waals surface area (Å²) in [5.41, 5.74) is 0. The van der Waals surface area contributed by atoms with E-state index in [9.17, 15) is 9.59 Å². The minimum absolute atomic E-state index is 0.140. The zero-order chi connectivity index (χ0) is 13.5. The van der Waals surface area contributed by atoms with Crippen molar-refractivity contribution >= 4 is 46.8 Å². The molecule has 1 aromatic carbocycles. The first-order chi connectivity index (χ1) is 8.52. The van der Waals surface area contributed by atoms with Crippen LogP contribution in [-0.4, -0.2) is 31.3 Å². The number of amides is 1. The average Bonchev–Trinajstić information content (AvgIpc) is 2.36. The molecule has 0 aliphatic heterocycles. The Bertz CT molecular complexity index is 454. The molecular weight excluding hydrogens is 297 g/mol. The van der Waals surface area contributed by atoms with E-state index in [2.05, 4.69) is 10.1 Å². The van der Waals surface area contributed by atoms with Crippen LogP contribution >= 0.6 is 35.0 Å². The molecule has 0 aromatic heterocycles. The van der Waals surface area contributed by atoms with E-state index in [0.717, 1.165) is 4.90 Å². The van der Waals surface area contributed by atoms with Crippen molar-refractivity contribution in [3.63, 3.8) is 0 Å². The van der Waals surface area contributed by atoms with Crippen LogP contribution in [-0.2, 0) is 14.3 Å². The van der Waals surface area contributed by atoms with Crippen molar-refractivity contribution in [1.82, 2.24) is 5.32 Å². The van der Waals surface area contributed by atoms with Crippen molar-refractivity contribution in [2.24, 2.45) is 0 Å². The van der Waals surface area contributed by atoms with Gasteiger partial charge in [0.1, 0.15) is 6.54 Å². The van der Waals surface area contributed by atoms with Crippen molar-refractivity contribution in [1.29, 1.82) is 0 Å². The van der Waals surface area contributed by atoms with E-state index < -0.39 is 5.97 Å². The molecular formula is C11H11Cl2NO3S. The van der Waals surface area contributed by atoms with Crippen LogP contribution in [0.1, 0.15) is 0 Å². The molecule has 0 unspecified atom stereocenters. The molecule has 1 N–H and O–H groups in total. The lowest BCUT2D eigenvalue weighted by Crippen LogP contribution is -2.31. The highest BCUT2D eigenvalue weighted by molar-refractivity contribution is 8.00. The molecule has 1 aromatic rings. The predicted octanol–water partition coefficient (Wildman–Crippen LogP) is 2.37. The Labute approximate surface area is 119 Å². The van der Waals surface area contributed by atoms with Crippen LogP contribution in [0.15, 0.2) is 23.1 Å². The Morgan fingerprint density at radius 3 is 2.78 bits per heavy atom. The molecule has 0 aliphatic carbocycles. The topological polar surface area (TPSA) is 55.4 Å². The van der Waals surface area contributed by atoms with Gasteiger partial charge in [0.2, 0.25) is 5.91 Å². The normalized spacial score (nSPS) is 9.94. The third kappa shape index (κ3) is 5.16. The SMILES string of the molecule is COC(=O)CNC(=O)CSc1cc(Cl)ccc1Cl. The highest BCUT2D eigenvalue weighted by Crippen LogP contribution is 2.29. The van der Waals surface area contributed by atoms with Crippen molar-refractivity contribution < 1.29 is 14.3 Å².